The zero-order valence-electron chi connectivity index (χ0n) is 13.7. The fraction of sp³-hybridized carbons (Fsp3) is 0.368. The first-order valence-electron chi connectivity index (χ1n) is 8.19. The standard InChI is InChI=1S/C19H19F3O3/c1-2-16(23)12-6-8-13(9-7-12)24-17-11-10-15-14(17)4-3-5-18(15)25-19(20,21)22/h3-9,16-17,23H,2,10-11H2,1H3/t16?,17-/m1/s1. The topological polar surface area (TPSA) is 38.7 Å². The van der Waals surface area contributed by atoms with E-state index in [0.717, 1.165) is 11.1 Å². The number of benzene rings is 2. The van der Waals surface area contributed by atoms with E-state index in [1.807, 2.05) is 6.92 Å². The van der Waals surface area contributed by atoms with Crippen LogP contribution in [0.4, 0.5) is 13.2 Å². The van der Waals surface area contributed by atoms with E-state index >= 15 is 0 Å². The van der Waals surface area contributed by atoms with Crippen molar-refractivity contribution < 1.29 is 27.8 Å². The average Bonchev–Trinajstić information content (AvgIpc) is 2.98. The third-order valence-electron chi connectivity index (χ3n) is 4.33. The molecule has 0 bridgehead atoms. The van der Waals surface area contributed by atoms with Gasteiger partial charge in [0.15, 0.2) is 0 Å². The molecule has 0 aromatic heterocycles. The highest BCUT2D eigenvalue weighted by Gasteiger charge is 2.34. The summed E-state index contributed by atoms with van der Waals surface area (Å²) in [6.45, 7) is 1.89. The van der Waals surface area contributed by atoms with Crippen molar-refractivity contribution in [3.05, 3.63) is 59.2 Å². The molecule has 3 nitrogen and oxygen atoms in total. The molecule has 3 rings (SSSR count). The van der Waals surface area contributed by atoms with E-state index in [2.05, 4.69) is 4.74 Å². The molecule has 1 unspecified atom stereocenters. The van der Waals surface area contributed by atoms with Gasteiger partial charge in [-0.05, 0) is 48.6 Å². The highest BCUT2D eigenvalue weighted by Crippen LogP contribution is 2.41. The van der Waals surface area contributed by atoms with E-state index in [1.165, 1.54) is 6.07 Å². The van der Waals surface area contributed by atoms with Crippen molar-refractivity contribution in [2.45, 2.75) is 44.8 Å². The lowest BCUT2D eigenvalue weighted by molar-refractivity contribution is -0.274. The molecule has 2 atom stereocenters. The van der Waals surface area contributed by atoms with Gasteiger partial charge < -0.3 is 14.6 Å². The van der Waals surface area contributed by atoms with Gasteiger partial charge in [0.05, 0.1) is 6.10 Å². The first-order chi connectivity index (χ1) is 11.9. The number of alkyl halides is 3. The third-order valence-corrected chi connectivity index (χ3v) is 4.33. The Hall–Kier alpha value is -2.21. The second-order valence-corrected chi connectivity index (χ2v) is 6.01. The summed E-state index contributed by atoms with van der Waals surface area (Å²) in [5.41, 5.74) is 2.07. The number of aliphatic hydroxyl groups excluding tert-OH is 1. The van der Waals surface area contributed by atoms with Crippen LogP contribution in [0.3, 0.4) is 0 Å². The molecule has 0 fully saturated rings. The zero-order chi connectivity index (χ0) is 18.0. The average molecular weight is 352 g/mol. The Morgan fingerprint density at radius 2 is 1.88 bits per heavy atom. The zero-order valence-corrected chi connectivity index (χ0v) is 13.7. The lowest BCUT2D eigenvalue weighted by Gasteiger charge is -2.17. The molecule has 1 aliphatic rings. The van der Waals surface area contributed by atoms with Crippen LogP contribution >= 0.6 is 0 Å². The van der Waals surface area contributed by atoms with Crippen LogP contribution in [0, 0.1) is 0 Å². The van der Waals surface area contributed by atoms with Gasteiger partial charge in [-0.1, -0.05) is 31.2 Å². The van der Waals surface area contributed by atoms with Crippen LogP contribution in [-0.4, -0.2) is 11.5 Å². The van der Waals surface area contributed by atoms with Crippen molar-refractivity contribution in [1.82, 2.24) is 0 Å². The smallest absolute Gasteiger partial charge is 0.486 e. The molecule has 0 saturated carbocycles. The Kier molecular flexibility index (Phi) is 4.90. The predicted molar refractivity (Wildman–Crippen MR) is 86.5 cm³/mol. The summed E-state index contributed by atoms with van der Waals surface area (Å²) >= 11 is 0. The van der Waals surface area contributed by atoms with Crippen LogP contribution in [-0.2, 0) is 6.42 Å². The van der Waals surface area contributed by atoms with Gasteiger partial charge in [0.1, 0.15) is 17.6 Å². The number of halogens is 3. The first kappa shape index (κ1) is 17.6. The molecule has 6 heteroatoms. The highest BCUT2D eigenvalue weighted by atomic mass is 19.4. The van der Waals surface area contributed by atoms with Gasteiger partial charge in [-0.3, -0.25) is 0 Å². The van der Waals surface area contributed by atoms with Gasteiger partial charge in [-0.15, -0.1) is 13.2 Å². The summed E-state index contributed by atoms with van der Waals surface area (Å²) in [5, 5.41) is 9.81. The highest BCUT2D eigenvalue weighted by molar-refractivity contribution is 5.45. The fourth-order valence-electron chi connectivity index (χ4n) is 3.09. The van der Waals surface area contributed by atoms with Crippen molar-refractivity contribution in [2.24, 2.45) is 0 Å². The van der Waals surface area contributed by atoms with E-state index in [1.54, 1.807) is 36.4 Å². The van der Waals surface area contributed by atoms with Crippen LogP contribution in [0.25, 0.3) is 0 Å². The van der Waals surface area contributed by atoms with Gasteiger partial charge in [0, 0.05) is 5.56 Å². The summed E-state index contributed by atoms with van der Waals surface area (Å²) < 4.78 is 47.6. The maximum atomic E-state index is 12.5. The molecule has 25 heavy (non-hydrogen) atoms. The van der Waals surface area contributed by atoms with Crippen LogP contribution in [0.5, 0.6) is 11.5 Å². The minimum absolute atomic E-state index is 0.155. The molecule has 0 amide bonds. The maximum absolute atomic E-state index is 12.5. The summed E-state index contributed by atoms with van der Waals surface area (Å²) in [7, 11) is 0. The number of fused-ring (bicyclic) bond motifs is 1. The normalized spacial score (nSPS) is 17.9. The molecular weight excluding hydrogens is 333 g/mol. The Labute approximate surface area is 144 Å². The molecule has 1 N–H and O–H groups in total. The fourth-order valence-corrected chi connectivity index (χ4v) is 3.09. The largest absolute Gasteiger partial charge is 0.573 e. The van der Waals surface area contributed by atoms with Crippen LogP contribution in [0.2, 0.25) is 0 Å². The van der Waals surface area contributed by atoms with Crippen LogP contribution < -0.4 is 9.47 Å². The predicted octanol–water partition coefficient (Wildman–Crippen LogP) is 5.09. The van der Waals surface area contributed by atoms with Crippen molar-refractivity contribution in [3.8, 4) is 11.5 Å². The minimum Gasteiger partial charge on any atom is -0.486 e. The van der Waals surface area contributed by atoms with E-state index in [-0.39, 0.29) is 11.9 Å². The SMILES string of the molecule is CCC(O)c1ccc(O[C@@H]2CCc3c(OC(F)(F)F)cccc32)cc1. The number of rotatable bonds is 5. The lowest BCUT2D eigenvalue weighted by Crippen LogP contribution is -2.18. The first-order valence-corrected chi connectivity index (χ1v) is 8.19. The summed E-state index contributed by atoms with van der Waals surface area (Å²) in [4.78, 5) is 0. The minimum atomic E-state index is -4.70. The molecule has 2 aromatic carbocycles. The molecule has 0 aliphatic heterocycles. The van der Waals surface area contributed by atoms with E-state index in [0.29, 0.717) is 30.6 Å². The number of hydrogen-bond donors (Lipinski definition) is 1. The number of ether oxygens (including phenoxy) is 2. The van der Waals surface area contributed by atoms with Crippen molar-refractivity contribution in [3.63, 3.8) is 0 Å². The summed E-state index contributed by atoms with van der Waals surface area (Å²) in [6.07, 6.45) is -3.84. The molecule has 0 heterocycles. The second-order valence-electron chi connectivity index (χ2n) is 6.01. The van der Waals surface area contributed by atoms with Gasteiger partial charge in [0.2, 0.25) is 0 Å². The van der Waals surface area contributed by atoms with E-state index in [4.69, 9.17) is 4.74 Å². The number of aliphatic hydroxyl groups is 1. The second kappa shape index (κ2) is 6.96. The molecule has 134 valence electrons. The number of hydrogen-bond acceptors (Lipinski definition) is 3. The Bertz CT molecular complexity index is 726. The molecule has 0 saturated heterocycles. The van der Waals surface area contributed by atoms with Crippen molar-refractivity contribution in [2.75, 3.05) is 0 Å². The van der Waals surface area contributed by atoms with Gasteiger partial charge in [0.25, 0.3) is 0 Å². The lowest BCUT2D eigenvalue weighted by atomic mass is 10.1. The monoisotopic (exact) mass is 352 g/mol. The van der Waals surface area contributed by atoms with Gasteiger partial charge >= 0.3 is 6.36 Å². The quantitative estimate of drug-likeness (QED) is 0.814. The van der Waals surface area contributed by atoms with Crippen molar-refractivity contribution >= 4 is 0 Å². The Morgan fingerprint density at radius 3 is 2.52 bits per heavy atom. The summed E-state index contributed by atoms with van der Waals surface area (Å²) in [6, 6.07) is 11.8. The van der Waals surface area contributed by atoms with Crippen LogP contribution in [0.15, 0.2) is 42.5 Å². The molecule has 0 radical (unpaired) electrons. The van der Waals surface area contributed by atoms with Crippen LogP contribution in [0.1, 0.15) is 48.7 Å². The molecule has 0 spiro atoms. The van der Waals surface area contributed by atoms with Gasteiger partial charge in [-0.2, -0.15) is 0 Å². The van der Waals surface area contributed by atoms with E-state index < -0.39 is 12.5 Å². The third kappa shape index (κ3) is 4.07. The maximum Gasteiger partial charge on any atom is 0.573 e. The Balaban J connectivity index is 1.76. The Morgan fingerprint density at radius 1 is 1.16 bits per heavy atom. The molecular formula is C19H19F3O3. The van der Waals surface area contributed by atoms with E-state index in [9.17, 15) is 18.3 Å². The van der Waals surface area contributed by atoms with Crippen molar-refractivity contribution in [1.29, 1.82) is 0 Å². The molecule has 1 aliphatic carbocycles. The molecule has 2 aromatic rings. The summed E-state index contributed by atoms with van der Waals surface area (Å²) in [5.74, 6) is 0.463. The van der Waals surface area contributed by atoms with Gasteiger partial charge in [-0.25, -0.2) is 0 Å².